The highest BCUT2D eigenvalue weighted by atomic mass is 16.1. The Labute approximate surface area is 114 Å². The van der Waals surface area contributed by atoms with Crippen LogP contribution in [0.5, 0.6) is 0 Å². The first kappa shape index (κ1) is 14.1. The third-order valence-corrected chi connectivity index (χ3v) is 3.95. The minimum Gasteiger partial charge on any atom is -0.352 e. The average molecular weight is 264 g/mol. The Morgan fingerprint density at radius 2 is 2.26 bits per heavy atom. The molecule has 5 heteroatoms. The zero-order valence-electron chi connectivity index (χ0n) is 12.3. The molecule has 106 valence electrons. The second kappa shape index (κ2) is 5.74. The summed E-state index contributed by atoms with van der Waals surface area (Å²) in [6.07, 6.45) is 1.17. The fourth-order valence-corrected chi connectivity index (χ4v) is 2.71. The van der Waals surface area contributed by atoms with Gasteiger partial charge in [-0.1, -0.05) is 0 Å². The summed E-state index contributed by atoms with van der Waals surface area (Å²) in [6, 6.07) is 0.596. The van der Waals surface area contributed by atoms with Crippen molar-refractivity contribution < 1.29 is 4.79 Å². The van der Waals surface area contributed by atoms with Gasteiger partial charge in [-0.3, -0.25) is 9.89 Å². The summed E-state index contributed by atoms with van der Waals surface area (Å²) in [6.45, 7) is 11.2. The molecule has 1 aromatic heterocycles. The summed E-state index contributed by atoms with van der Waals surface area (Å²) in [5, 5.41) is 9.95. The third-order valence-electron chi connectivity index (χ3n) is 3.95. The predicted octanol–water partition coefficient (Wildman–Crippen LogP) is 1.49. The van der Waals surface area contributed by atoms with E-state index in [0.717, 1.165) is 31.0 Å². The van der Waals surface area contributed by atoms with Crippen molar-refractivity contribution in [3.63, 3.8) is 0 Å². The molecule has 0 saturated carbocycles. The lowest BCUT2D eigenvalue weighted by Crippen LogP contribution is -2.33. The van der Waals surface area contributed by atoms with E-state index in [2.05, 4.69) is 34.3 Å². The average Bonchev–Trinajstić information content (AvgIpc) is 2.94. The van der Waals surface area contributed by atoms with Crippen molar-refractivity contribution in [3.8, 4) is 0 Å². The van der Waals surface area contributed by atoms with E-state index in [9.17, 15) is 4.79 Å². The van der Waals surface area contributed by atoms with Gasteiger partial charge in [0.25, 0.3) is 5.91 Å². The van der Waals surface area contributed by atoms with Gasteiger partial charge in [0, 0.05) is 24.8 Å². The van der Waals surface area contributed by atoms with Crippen molar-refractivity contribution in [1.29, 1.82) is 0 Å². The first-order valence-electron chi connectivity index (χ1n) is 7.02. The number of aromatic nitrogens is 2. The number of carbonyl (C=O) groups excluding carboxylic acids is 1. The molecule has 2 rings (SSSR count). The van der Waals surface area contributed by atoms with Gasteiger partial charge in [0.2, 0.25) is 0 Å². The van der Waals surface area contributed by atoms with Gasteiger partial charge < -0.3 is 10.2 Å². The number of carbonyl (C=O) groups is 1. The van der Waals surface area contributed by atoms with Crippen LogP contribution in [0.4, 0.5) is 0 Å². The quantitative estimate of drug-likeness (QED) is 0.866. The number of hydrogen-bond acceptors (Lipinski definition) is 3. The normalized spacial score (nSPS) is 20.2. The van der Waals surface area contributed by atoms with Crippen molar-refractivity contribution in [2.45, 2.75) is 40.2 Å². The summed E-state index contributed by atoms with van der Waals surface area (Å²) in [5.41, 5.74) is 2.30. The Bertz CT molecular complexity index is 433. The Kier molecular flexibility index (Phi) is 4.24. The predicted molar refractivity (Wildman–Crippen MR) is 75.2 cm³/mol. The lowest BCUT2D eigenvalue weighted by Gasteiger charge is -2.20. The number of nitrogens with zero attached hydrogens (tertiary/aromatic N) is 2. The number of amides is 1. The van der Waals surface area contributed by atoms with Crippen molar-refractivity contribution >= 4 is 5.91 Å². The standard InChI is InChI=1S/C14H24N4O/c1-9(2)18-6-5-12(8-18)7-15-14(19)13-10(3)16-17-11(13)4/h9,12H,5-8H2,1-4H3,(H,15,19)(H,16,17). The second-order valence-electron chi connectivity index (χ2n) is 5.76. The van der Waals surface area contributed by atoms with Crippen LogP contribution in [0.15, 0.2) is 0 Å². The Hall–Kier alpha value is -1.36. The third kappa shape index (κ3) is 3.15. The summed E-state index contributed by atoms with van der Waals surface area (Å²) >= 11 is 0. The summed E-state index contributed by atoms with van der Waals surface area (Å²) in [4.78, 5) is 14.6. The Morgan fingerprint density at radius 3 is 2.79 bits per heavy atom. The van der Waals surface area contributed by atoms with Crippen LogP contribution >= 0.6 is 0 Å². The van der Waals surface area contributed by atoms with Crippen LogP contribution < -0.4 is 5.32 Å². The maximum atomic E-state index is 12.1. The van der Waals surface area contributed by atoms with Crippen LogP contribution in [0.3, 0.4) is 0 Å². The van der Waals surface area contributed by atoms with E-state index in [1.165, 1.54) is 6.42 Å². The molecule has 1 unspecified atom stereocenters. The van der Waals surface area contributed by atoms with Crippen LogP contribution in [0, 0.1) is 19.8 Å². The molecule has 2 N–H and O–H groups in total. The van der Waals surface area contributed by atoms with E-state index in [4.69, 9.17) is 0 Å². The minimum atomic E-state index is -0.00764. The van der Waals surface area contributed by atoms with Crippen LogP contribution in [-0.4, -0.2) is 46.7 Å². The summed E-state index contributed by atoms with van der Waals surface area (Å²) in [5.74, 6) is 0.561. The van der Waals surface area contributed by atoms with Crippen LogP contribution in [-0.2, 0) is 0 Å². The molecular weight excluding hydrogens is 240 g/mol. The number of aromatic amines is 1. The van der Waals surface area contributed by atoms with E-state index >= 15 is 0 Å². The molecule has 1 aliphatic rings. The van der Waals surface area contributed by atoms with E-state index in [0.29, 0.717) is 17.5 Å². The first-order chi connectivity index (χ1) is 8.99. The molecule has 19 heavy (non-hydrogen) atoms. The Balaban J connectivity index is 1.85. The number of hydrogen-bond donors (Lipinski definition) is 2. The fraction of sp³-hybridized carbons (Fsp3) is 0.714. The van der Waals surface area contributed by atoms with E-state index in [1.807, 2.05) is 13.8 Å². The van der Waals surface area contributed by atoms with Gasteiger partial charge in [-0.25, -0.2) is 0 Å². The van der Waals surface area contributed by atoms with Gasteiger partial charge in [0.05, 0.1) is 11.3 Å². The van der Waals surface area contributed by atoms with Crippen LogP contribution in [0.1, 0.15) is 42.0 Å². The number of nitrogens with one attached hydrogen (secondary N) is 2. The molecule has 0 radical (unpaired) electrons. The Morgan fingerprint density at radius 1 is 1.53 bits per heavy atom. The van der Waals surface area contributed by atoms with Gasteiger partial charge in [0.15, 0.2) is 0 Å². The second-order valence-corrected chi connectivity index (χ2v) is 5.76. The molecule has 1 amide bonds. The van der Waals surface area contributed by atoms with Gasteiger partial charge >= 0.3 is 0 Å². The fourth-order valence-electron chi connectivity index (χ4n) is 2.71. The molecule has 1 aromatic rings. The van der Waals surface area contributed by atoms with E-state index < -0.39 is 0 Å². The van der Waals surface area contributed by atoms with Crippen molar-refractivity contribution in [2.24, 2.45) is 5.92 Å². The molecule has 2 heterocycles. The zero-order chi connectivity index (χ0) is 14.0. The van der Waals surface area contributed by atoms with Crippen molar-refractivity contribution in [1.82, 2.24) is 20.4 Å². The van der Waals surface area contributed by atoms with Gasteiger partial charge in [-0.15, -0.1) is 0 Å². The molecule has 1 fully saturated rings. The van der Waals surface area contributed by atoms with Gasteiger partial charge in [-0.05, 0) is 46.6 Å². The zero-order valence-corrected chi connectivity index (χ0v) is 12.3. The molecule has 0 spiro atoms. The molecule has 0 aromatic carbocycles. The lowest BCUT2D eigenvalue weighted by molar-refractivity contribution is 0.0946. The molecule has 5 nitrogen and oxygen atoms in total. The highest BCUT2D eigenvalue weighted by molar-refractivity contribution is 5.96. The topological polar surface area (TPSA) is 61.0 Å². The highest BCUT2D eigenvalue weighted by Gasteiger charge is 2.25. The van der Waals surface area contributed by atoms with Crippen molar-refractivity contribution in [2.75, 3.05) is 19.6 Å². The number of likely N-dealkylation sites (tertiary alicyclic amines) is 1. The van der Waals surface area contributed by atoms with E-state index in [-0.39, 0.29) is 5.91 Å². The number of H-pyrrole nitrogens is 1. The number of aryl methyl sites for hydroxylation is 2. The molecule has 1 saturated heterocycles. The summed E-state index contributed by atoms with van der Waals surface area (Å²) < 4.78 is 0. The monoisotopic (exact) mass is 264 g/mol. The molecule has 0 aliphatic carbocycles. The number of rotatable bonds is 4. The van der Waals surface area contributed by atoms with E-state index in [1.54, 1.807) is 0 Å². The van der Waals surface area contributed by atoms with Crippen LogP contribution in [0.2, 0.25) is 0 Å². The maximum absolute atomic E-state index is 12.1. The molecule has 0 bridgehead atoms. The highest BCUT2D eigenvalue weighted by Crippen LogP contribution is 2.18. The van der Waals surface area contributed by atoms with Crippen LogP contribution in [0.25, 0.3) is 0 Å². The van der Waals surface area contributed by atoms with Crippen molar-refractivity contribution in [3.05, 3.63) is 17.0 Å². The lowest BCUT2D eigenvalue weighted by atomic mass is 10.1. The smallest absolute Gasteiger partial charge is 0.255 e. The minimum absolute atomic E-state index is 0.00764. The molecule has 1 aliphatic heterocycles. The maximum Gasteiger partial charge on any atom is 0.255 e. The van der Waals surface area contributed by atoms with Gasteiger partial charge in [-0.2, -0.15) is 5.10 Å². The SMILES string of the molecule is Cc1n[nH]c(C)c1C(=O)NCC1CCN(C(C)C)C1. The van der Waals surface area contributed by atoms with Gasteiger partial charge in [0.1, 0.15) is 0 Å². The summed E-state index contributed by atoms with van der Waals surface area (Å²) in [7, 11) is 0. The first-order valence-corrected chi connectivity index (χ1v) is 7.02. The largest absolute Gasteiger partial charge is 0.352 e. The molecular formula is C14H24N4O. The molecule has 1 atom stereocenters.